The highest BCUT2D eigenvalue weighted by Crippen LogP contribution is 2.29. The van der Waals surface area contributed by atoms with Crippen molar-refractivity contribution >= 4 is 28.0 Å². The van der Waals surface area contributed by atoms with Gasteiger partial charge in [-0.25, -0.2) is 4.68 Å². The first-order valence-corrected chi connectivity index (χ1v) is 16.0. The summed E-state index contributed by atoms with van der Waals surface area (Å²) in [5.74, 6) is 0.618. The van der Waals surface area contributed by atoms with Crippen LogP contribution in [0.15, 0.2) is 35.4 Å². The van der Waals surface area contributed by atoms with Gasteiger partial charge in [-0.3, -0.25) is 18.6 Å². The lowest BCUT2D eigenvalue weighted by molar-refractivity contribution is -0.275. The first-order chi connectivity index (χ1) is 21.4. The fourth-order valence-electron chi connectivity index (χ4n) is 4.70. The molecule has 2 heterocycles. The molecule has 246 valence electrons. The quantitative estimate of drug-likeness (QED) is 0.121. The van der Waals surface area contributed by atoms with Gasteiger partial charge in [-0.05, 0) is 38.3 Å². The predicted molar refractivity (Wildman–Crippen MR) is 159 cm³/mol. The van der Waals surface area contributed by atoms with E-state index in [4.69, 9.17) is 29.6 Å². The van der Waals surface area contributed by atoms with E-state index < -0.39 is 65.2 Å². The molecule has 0 unspecified atom stereocenters. The van der Waals surface area contributed by atoms with Gasteiger partial charge in [0.2, 0.25) is 5.91 Å². The summed E-state index contributed by atoms with van der Waals surface area (Å²) in [6.45, 7) is 4.99. The fourth-order valence-corrected chi connectivity index (χ4v) is 5.62. The maximum absolute atomic E-state index is 12.9. The molecular formula is C30H40N4O10S. The Bertz CT molecular complexity index is 1440. The molecule has 1 N–H and O–H groups in total. The third kappa shape index (κ3) is 11.2. The summed E-state index contributed by atoms with van der Waals surface area (Å²) in [5.41, 5.74) is 1.66. The first-order valence-electron chi connectivity index (χ1n) is 14.6. The summed E-state index contributed by atoms with van der Waals surface area (Å²) in [5, 5.41) is 10.9. The maximum Gasteiger partial charge on any atom is 0.303 e. The van der Waals surface area contributed by atoms with Crippen LogP contribution in [0.25, 0.3) is 0 Å². The number of amides is 1. The van der Waals surface area contributed by atoms with Crippen LogP contribution < -0.4 is 5.32 Å². The van der Waals surface area contributed by atoms with Gasteiger partial charge in [-0.15, -0.1) is 17.4 Å². The number of aryl methyl sites for hydroxylation is 2. The molecule has 15 heteroatoms. The van der Waals surface area contributed by atoms with Crippen molar-refractivity contribution < 1.29 is 45.9 Å². The highest BCUT2D eigenvalue weighted by atomic mass is 32.2. The molecule has 1 fully saturated rings. The van der Waals surface area contributed by atoms with Crippen LogP contribution in [0.5, 0.6) is 0 Å². The number of hydrogen-bond acceptors (Lipinski definition) is 12. The van der Waals surface area contributed by atoms with Gasteiger partial charge in [0.05, 0.1) is 30.3 Å². The molecule has 2 aromatic rings. The van der Waals surface area contributed by atoms with Gasteiger partial charge in [0.15, 0.2) is 18.5 Å². The van der Waals surface area contributed by atoms with Crippen molar-refractivity contribution in [2.75, 3.05) is 13.2 Å². The minimum atomic E-state index is -4.25. The van der Waals surface area contributed by atoms with E-state index in [1.165, 1.54) is 19.1 Å². The number of carbonyl (C=O) groups is 3. The number of benzene rings is 1. The summed E-state index contributed by atoms with van der Waals surface area (Å²) in [6, 6.07) is 4.89. The van der Waals surface area contributed by atoms with E-state index in [1.807, 2.05) is 6.92 Å². The van der Waals surface area contributed by atoms with Crippen LogP contribution in [-0.2, 0) is 60.6 Å². The zero-order valence-electron chi connectivity index (χ0n) is 25.8. The van der Waals surface area contributed by atoms with Crippen molar-refractivity contribution in [1.29, 1.82) is 0 Å². The van der Waals surface area contributed by atoms with Crippen molar-refractivity contribution in [1.82, 2.24) is 20.3 Å². The van der Waals surface area contributed by atoms with Crippen LogP contribution >= 0.6 is 0 Å². The number of carbonyl (C=O) groups excluding carboxylic acids is 3. The number of aromatic nitrogens is 3. The summed E-state index contributed by atoms with van der Waals surface area (Å²) >= 11 is 0. The molecule has 0 spiro atoms. The molecule has 3 rings (SSSR count). The van der Waals surface area contributed by atoms with Crippen LogP contribution in [0.1, 0.15) is 57.7 Å². The van der Waals surface area contributed by atoms with E-state index >= 15 is 0 Å². The second-order valence-electron chi connectivity index (χ2n) is 10.6. The third-order valence-electron chi connectivity index (χ3n) is 6.76. The molecule has 1 aliphatic heterocycles. The van der Waals surface area contributed by atoms with Gasteiger partial charge >= 0.3 is 11.9 Å². The number of terminal acetylenes is 1. The summed E-state index contributed by atoms with van der Waals surface area (Å²) < 4.78 is 55.7. The monoisotopic (exact) mass is 648 g/mol. The molecular weight excluding hydrogens is 608 g/mol. The van der Waals surface area contributed by atoms with Crippen molar-refractivity contribution in [3.8, 4) is 12.3 Å². The first kappa shape index (κ1) is 35.6. The zero-order chi connectivity index (χ0) is 33.0. The average Bonchev–Trinajstić information content (AvgIpc) is 3.42. The van der Waals surface area contributed by atoms with E-state index in [0.717, 1.165) is 57.2 Å². The molecule has 14 nitrogen and oxygen atoms in total. The summed E-state index contributed by atoms with van der Waals surface area (Å²) in [4.78, 5) is 36.3. The predicted octanol–water partition coefficient (Wildman–Crippen LogP) is 1.84. The van der Waals surface area contributed by atoms with Gasteiger partial charge in [0.1, 0.15) is 12.1 Å². The van der Waals surface area contributed by atoms with E-state index in [0.29, 0.717) is 0 Å². The minimum Gasteiger partial charge on any atom is -0.456 e. The minimum absolute atomic E-state index is 0.0198. The van der Waals surface area contributed by atoms with Crippen LogP contribution in [0.3, 0.4) is 0 Å². The second kappa shape index (κ2) is 17.0. The number of ether oxygens (including phenoxy) is 4. The Kier molecular flexibility index (Phi) is 13.5. The van der Waals surface area contributed by atoms with Crippen LogP contribution in [0.4, 0.5) is 0 Å². The maximum atomic E-state index is 12.9. The molecule has 1 amide bonds. The molecule has 5 atom stereocenters. The zero-order valence-corrected chi connectivity index (χ0v) is 26.7. The largest absolute Gasteiger partial charge is 0.456 e. The Morgan fingerprint density at radius 3 is 2.38 bits per heavy atom. The Morgan fingerprint density at radius 1 is 1.04 bits per heavy atom. The number of rotatable bonds is 16. The van der Waals surface area contributed by atoms with Crippen LogP contribution in [0.2, 0.25) is 0 Å². The van der Waals surface area contributed by atoms with Crippen LogP contribution in [-0.4, -0.2) is 85.1 Å². The third-order valence-corrected chi connectivity index (χ3v) is 8.06. The fraction of sp³-hybridized carbons (Fsp3) is 0.567. The molecule has 0 radical (unpaired) electrons. The number of nitrogens with one attached hydrogen (secondary N) is 1. The second-order valence-corrected chi connectivity index (χ2v) is 12.2. The molecule has 1 aliphatic rings. The van der Waals surface area contributed by atoms with E-state index in [-0.39, 0.29) is 18.0 Å². The number of unbranched alkanes of at least 4 members (excludes halogenated alkanes) is 3. The number of nitrogens with zero attached hydrogens (tertiary/aromatic N) is 3. The molecule has 45 heavy (non-hydrogen) atoms. The van der Waals surface area contributed by atoms with Crippen molar-refractivity contribution in [2.24, 2.45) is 0 Å². The molecule has 0 bridgehead atoms. The number of hydrogen-bond donors (Lipinski definition) is 1. The van der Waals surface area contributed by atoms with Gasteiger partial charge < -0.3 is 24.3 Å². The SMILES string of the molecule is C#CCCCCCc1cn(CCO[C@H]2O[C@H](COS(=O)(=O)c3ccc(C)cc3)[C@@H](OC(C)=O)[C@H](OC(C)=O)[C@H]2NC(C)=O)nn1. The molecule has 1 saturated heterocycles. The molecule has 0 saturated carbocycles. The van der Waals surface area contributed by atoms with Crippen molar-refractivity contribution in [3.63, 3.8) is 0 Å². The highest BCUT2D eigenvalue weighted by molar-refractivity contribution is 7.86. The molecule has 1 aromatic heterocycles. The Labute approximate surface area is 263 Å². The highest BCUT2D eigenvalue weighted by Gasteiger charge is 2.51. The van der Waals surface area contributed by atoms with E-state index in [1.54, 1.807) is 23.0 Å². The lowest BCUT2D eigenvalue weighted by Crippen LogP contribution is -2.66. The van der Waals surface area contributed by atoms with Gasteiger partial charge in [0.25, 0.3) is 10.1 Å². The van der Waals surface area contributed by atoms with E-state index in [9.17, 15) is 22.8 Å². The molecule has 1 aromatic carbocycles. The Hall–Kier alpha value is -3.84. The van der Waals surface area contributed by atoms with Crippen LogP contribution in [0, 0.1) is 19.3 Å². The number of esters is 2. The Morgan fingerprint density at radius 2 is 1.73 bits per heavy atom. The summed E-state index contributed by atoms with van der Waals surface area (Å²) in [6.07, 6.45) is 6.23. The van der Waals surface area contributed by atoms with Crippen molar-refractivity contribution in [2.45, 2.75) is 102 Å². The topological polar surface area (TPSA) is 174 Å². The standard InChI is InChI=1S/C30H40N4O10S/c1-6-7-8-9-10-11-24-18-34(33-32-24)16-17-40-30-27(31-21(3)35)29(43-23(5)37)28(42-22(4)36)26(44-30)19-41-45(38,39)25-14-12-20(2)13-15-25/h1,12-15,18,26-30H,7-11,16-17,19H2,2-5H3,(H,31,35)/t26-,27-,28-,29-,30+/m1/s1. The average molecular weight is 649 g/mol. The van der Waals surface area contributed by atoms with Gasteiger partial charge in [0, 0.05) is 33.4 Å². The normalized spacial score (nSPS) is 21.4. The van der Waals surface area contributed by atoms with Gasteiger partial charge in [-0.2, -0.15) is 8.42 Å². The lowest BCUT2D eigenvalue weighted by Gasteiger charge is -2.45. The van der Waals surface area contributed by atoms with Crippen molar-refractivity contribution in [3.05, 3.63) is 41.7 Å². The molecule has 0 aliphatic carbocycles. The smallest absolute Gasteiger partial charge is 0.303 e. The summed E-state index contributed by atoms with van der Waals surface area (Å²) in [7, 11) is -4.25. The lowest BCUT2D eigenvalue weighted by atomic mass is 9.96. The van der Waals surface area contributed by atoms with E-state index in [2.05, 4.69) is 21.5 Å². The Balaban J connectivity index is 1.77. The van der Waals surface area contributed by atoms with Gasteiger partial charge in [-0.1, -0.05) is 29.3 Å².